The Labute approximate surface area is 167 Å². The summed E-state index contributed by atoms with van der Waals surface area (Å²) in [6.45, 7) is 1.62. The lowest BCUT2D eigenvalue weighted by molar-refractivity contribution is 0.0724. The first kappa shape index (κ1) is 18.7. The molecule has 0 spiro atoms. The smallest absolute Gasteiger partial charge is 0.255 e. The molecular weight excluding hydrogens is 384 g/mol. The summed E-state index contributed by atoms with van der Waals surface area (Å²) < 4.78 is 1.90. The number of rotatable bonds is 4. The average Bonchev–Trinajstić information content (AvgIpc) is 3.18. The van der Waals surface area contributed by atoms with Crippen molar-refractivity contribution in [2.24, 2.45) is 0 Å². The molecule has 1 aliphatic carbocycles. The molecule has 144 valence electrons. The summed E-state index contributed by atoms with van der Waals surface area (Å²) in [6, 6.07) is 2.05. The first-order chi connectivity index (χ1) is 13.2. The van der Waals surface area contributed by atoms with E-state index < -0.39 is 0 Å². The average molecular weight is 407 g/mol. The minimum Gasteiger partial charge on any atom is -0.339 e. The molecule has 0 bridgehead atoms. The summed E-state index contributed by atoms with van der Waals surface area (Å²) in [5.74, 6) is 0.00712. The fourth-order valence-electron chi connectivity index (χ4n) is 3.79. The van der Waals surface area contributed by atoms with Gasteiger partial charge in [-0.3, -0.25) is 4.79 Å². The lowest BCUT2D eigenvalue weighted by Crippen LogP contribution is -2.35. The van der Waals surface area contributed by atoms with Crippen LogP contribution < -0.4 is 0 Å². The van der Waals surface area contributed by atoms with Crippen molar-refractivity contribution >= 4 is 29.3 Å². The van der Waals surface area contributed by atoms with Crippen LogP contribution in [-0.2, 0) is 0 Å². The lowest BCUT2D eigenvalue weighted by Gasteiger charge is -2.26. The minimum absolute atomic E-state index is 0.00712. The molecule has 0 unspecified atom stereocenters. The Morgan fingerprint density at radius 3 is 2.59 bits per heavy atom. The number of carbonyl (C=O) groups excluding carboxylic acids is 1. The van der Waals surface area contributed by atoms with E-state index in [-0.39, 0.29) is 5.91 Å². The molecule has 1 amide bonds. The van der Waals surface area contributed by atoms with Crippen LogP contribution in [0.5, 0.6) is 0 Å². The van der Waals surface area contributed by atoms with E-state index >= 15 is 0 Å². The number of nitrogens with zero attached hydrogens (tertiary/aromatic N) is 6. The quantitative estimate of drug-likeness (QED) is 0.763. The molecule has 2 fully saturated rings. The van der Waals surface area contributed by atoms with Gasteiger partial charge in [-0.1, -0.05) is 30.9 Å². The number of piperidine rings is 1. The van der Waals surface area contributed by atoms with Crippen molar-refractivity contribution in [3.63, 3.8) is 0 Å². The van der Waals surface area contributed by atoms with Gasteiger partial charge in [0.2, 0.25) is 5.16 Å². The first-order valence-corrected chi connectivity index (χ1v) is 10.8. The van der Waals surface area contributed by atoms with Crippen LogP contribution in [0.15, 0.2) is 22.4 Å². The van der Waals surface area contributed by atoms with Crippen molar-refractivity contribution in [2.75, 3.05) is 13.1 Å². The zero-order valence-corrected chi connectivity index (χ0v) is 16.8. The Morgan fingerprint density at radius 2 is 1.85 bits per heavy atom. The summed E-state index contributed by atoms with van der Waals surface area (Å²) in [5, 5.41) is 13.9. The number of likely N-dealkylation sites (tertiary alicyclic amines) is 1. The summed E-state index contributed by atoms with van der Waals surface area (Å²) in [4.78, 5) is 18.9. The highest BCUT2D eigenvalue weighted by atomic mass is 35.5. The van der Waals surface area contributed by atoms with Crippen molar-refractivity contribution in [1.82, 2.24) is 30.1 Å². The molecule has 9 heteroatoms. The van der Waals surface area contributed by atoms with E-state index in [0.717, 1.165) is 38.8 Å². The van der Waals surface area contributed by atoms with Crippen LogP contribution in [0, 0.1) is 0 Å². The lowest BCUT2D eigenvalue weighted by atomic mass is 9.96. The highest BCUT2D eigenvalue weighted by Gasteiger charge is 2.23. The fraction of sp³-hybridized carbons (Fsp3) is 0.611. The van der Waals surface area contributed by atoms with Crippen molar-refractivity contribution in [3.8, 4) is 0 Å². The molecule has 1 saturated carbocycles. The maximum atomic E-state index is 12.6. The van der Waals surface area contributed by atoms with Crippen LogP contribution in [0.2, 0.25) is 5.02 Å². The monoisotopic (exact) mass is 406 g/mol. The molecule has 1 aliphatic heterocycles. The number of aromatic nitrogens is 5. The van der Waals surface area contributed by atoms with Gasteiger partial charge in [0, 0.05) is 19.3 Å². The Hall–Kier alpha value is -1.67. The summed E-state index contributed by atoms with van der Waals surface area (Å²) >= 11 is 7.79. The van der Waals surface area contributed by atoms with Gasteiger partial charge in [0.1, 0.15) is 5.03 Å². The van der Waals surface area contributed by atoms with Crippen molar-refractivity contribution in [2.45, 2.75) is 67.6 Å². The molecule has 0 aromatic carbocycles. The molecule has 0 radical (unpaired) electrons. The van der Waals surface area contributed by atoms with Crippen LogP contribution in [0.1, 0.15) is 67.8 Å². The van der Waals surface area contributed by atoms with Gasteiger partial charge in [0.25, 0.3) is 5.91 Å². The maximum Gasteiger partial charge on any atom is 0.255 e. The minimum atomic E-state index is 0.00712. The Balaban J connectivity index is 1.49. The van der Waals surface area contributed by atoms with Gasteiger partial charge >= 0.3 is 0 Å². The predicted molar refractivity (Wildman–Crippen MR) is 103 cm³/mol. The number of halogens is 1. The third-order valence-corrected chi connectivity index (χ3v) is 6.64. The molecule has 2 aliphatic rings. The molecule has 4 rings (SSSR count). The number of tetrazole rings is 1. The number of hydrogen-bond donors (Lipinski definition) is 0. The van der Waals surface area contributed by atoms with Crippen molar-refractivity contribution in [3.05, 3.63) is 22.8 Å². The van der Waals surface area contributed by atoms with Gasteiger partial charge in [0.05, 0.1) is 16.6 Å². The molecule has 2 aromatic rings. The number of pyridine rings is 1. The van der Waals surface area contributed by atoms with Gasteiger partial charge in [0.15, 0.2) is 0 Å². The van der Waals surface area contributed by atoms with E-state index in [1.807, 2.05) is 9.58 Å². The van der Waals surface area contributed by atoms with Gasteiger partial charge in [-0.2, -0.15) is 0 Å². The zero-order chi connectivity index (χ0) is 18.6. The zero-order valence-electron chi connectivity index (χ0n) is 15.2. The highest BCUT2D eigenvalue weighted by Crippen LogP contribution is 2.35. The summed E-state index contributed by atoms with van der Waals surface area (Å²) in [5.41, 5.74) is 0.540. The SMILES string of the molecule is O=C(c1cnc(Sc2nnnn2C2CCCCC2)c(Cl)c1)N1CCCCC1. The summed E-state index contributed by atoms with van der Waals surface area (Å²) in [6.07, 6.45) is 10.8. The number of hydrogen-bond acceptors (Lipinski definition) is 6. The van der Waals surface area contributed by atoms with Crippen LogP contribution in [0.25, 0.3) is 0 Å². The molecule has 0 atom stereocenters. The first-order valence-electron chi connectivity index (χ1n) is 9.63. The maximum absolute atomic E-state index is 12.6. The van der Waals surface area contributed by atoms with Crippen LogP contribution in [0.4, 0.5) is 0 Å². The molecule has 3 heterocycles. The van der Waals surface area contributed by atoms with Gasteiger partial charge < -0.3 is 4.90 Å². The third-order valence-electron chi connectivity index (χ3n) is 5.27. The Bertz CT molecular complexity index is 801. The molecule has 1 saturated heterocycles. The largest absolute Gasteiger partial charge is 0.339 e. The summed E-state index contributed by atoms with van der Waals surface area (Å²) in [7, 11) is 0. The number of amides is 1. The van der Waals surface area contributed by atoms with Gasteiger partial charge in [-0.15, -0.1) is 5.10 Å². The third kappa shape index (κ3) is 4.27. The molecule has 2 aromatic heterocycles. The topological polar surface area (TPSA) is 76.8 Å². The molecular formula is C18H23ClN6OS. The molecule has 0 N–H and O–H groups in total. The second kappa shape index (κ2) is 8.56. The van der Waals surface area contributed by atoms with E-state index in [2.05, 4.69) is 20.5 Å². The number of carbonyl (C=O) groups is 1. The second-order valence-corrected chi connectivity index (χ2v) is 8.53. The van der Waals surface area contributed by atoms with Crippen LogP contribution in [0.3, 0.4) is 0 Å². The second-order valence-electron chi connectivity index (χ2n) is 7.16. The van der Waals surface area contributed by atoms with Gasteiger partial charge in [-0.05, 0) is 60.4 Å². The molecule has 27 heavy (non-hydrogen) atoms. The standard InChI is InChI=1S/C18H23ClN6OS/c19-15-11-13(17(26)24-9-5-2-6-10-24)12-20-16(15)27-18-21-22-23-25(18)14-7-3-1-4-8-14/h11-12,14H,1-10H2. The Kier molecular flexibility index (Phi) is 5.92. The van der Waals surface area contributed by atoms with E-state index in [1.54, 1.807) is 12.3 Å². The molecule has 7 nitrogen and oxygen atoms in total. The highest BCUT2D eigenvalue weighted by molar-refractivity contribution is 7.99. The Morgan fingerprint density at radius 1 is 1.11 bits per heavy atom. The van der Waals surface area contributed by atoms with E-state index in [1.165, 1.54) is 37.4 Å². The van der Waals surface area contributed by atoms with E-state index in [9.17, 15) is 4.79 Å². The van der Waals surface area contributed by atoms with Crippen LogP contribution >= 0.6 is 23.4 Å². The van der Waals surface area contributed by atoms with E-state index in [0.29, 0.717) is 26.8 Å². The fourth-order valence-corrected chi connectivity index (χ4v) is 4.86. The van der Waals surface area contributed by atoms with E-state index in [4.69, 9.17) is 11.6 Å². The van der Waals surface area contributed by atoms with Crippen LogP contribution in [-0.4, -0.2) is 49.1 Å². The van der Waals surface area contributed by atoms with Crippen molar-refractivity contribution in [1.29, 1.82) is 0 Å². The van der Waals surface area contributed by atoms with Gasteiger partial charge in [-0.25, -0.2) is 9.67 Å². The predicted octanol–water partition coefficient (Wildman–Crippen LogP) is 4.00. The van der Waals surface area contributed by atoms with Crippen molar-refractivity contribution < 1.29 is 4.79 Å². The normalized spacial score (nSPS) is 18.6.